The maximum atomic E-state index is 13.5. The third-order valence-corrected chi connectivity index (χ3v) is 8.80. The number of ether oxygens (including phenoxy) is 1. The lowest BCUT2D eigenvalue weighted by atomic mass is 9.93. The van der Waals surface area contributed by atoms with Crippen LogP contribution in [0.5, 0.6) is 5.75 Å². The van der Waals surface area contributed by atoms with E-state index in [-0.39, 0.29) is 22.5 Å². The van der Waals surface area contributed by atoms with Crippen molar-refractivity contribution in [2.45, 2.75) is 44.4 Å². The van der Waals surface area contributed by atoms with Gasteiger partial charge in [0, 0.05) is 32.1 Å². The number of likely N-dealkylation sites (tertiary alicyclic amines) is 1. The summed E-state index contributed by atoms with van der Waals surface area (Å²) >= 11 is 0. The van der Waals surface area contributed by atoms with Gasteiger partial charge in [-0.2, -0.15) is 4.31 Å². The SMILES string of the molecule is COc1ccc(/C=C\c2onc(C)c2S(=O)(=O)N2CCC(C(=O)N3CCC[C@@H](C)C3)CC2)cc1. The van der Waals surface area contributed by atoms with Gasteiger partial charge in [-0.25, -0.2) is 8.42 Å². The van der Waals surface area contributed by atoms with Gasteiger partial charge >= 0.3 is 0 Å². The zero-order valence-corrected chi connectivity index (χ0v) is 20.9. The van der Waals surface area contributed by atoms with Crippen LogP contribution in [-0.2, 0) is 14.8 Å². The molecule has 1 aromatic heterocycles. The third-order valence-electron chi connectivity index (χ3n) is 6.75. The van der Waals surface area contributed by atoms with E-state index < -0.39 is 10.0 Å². The van der Waals surface area contributed by atoms with Crippen LogP contribution < -0.4 is 4.74 Å². The van der Waals surface area contributed by atoms with Gasteiger partial charge in [0.15, 0.2) is 10.7 Å². The first-order valence-corrected chi connectivity index (χ1v) is 13.3. The number of piperidine rings is 2. The van der Waals surface area contributed by atoms with Crippen molar-refractivity contribution in [1.29, 1.82) is 0 Å². The number of aryl methyl sites for hydroxylation is 1. The Kier molecular flexibility index (Phi) is 7.42. The Labute approximate surface area is 201 Å². The maximum Gasteiger partial charge on any atom is 0.248 e. The number of rotatable bonds is 6. The monoisotopic (exact) mass is 487 g/mol. The number of amides is 1. The summed E-state index contributed by atoms with van der Waals surface area (Å²) in [5.41, 5.74) is 1.21. The fourth-order valence-electron chi connectivity index (χ4n) is 4.81. The minimum absolute atomic E-state index is 0.0897. The van der Waals surface area contributed by atoms with E-state index in [9.17, 15) is 13.2 Å². The van der Waals surface area contributed by atoms with Gasteiger partial charge in [0.2, 0.25) is 15.9 Å². The van der Waals surface area contributed by atoms with E-state index in [4.69, 9.17) is 9.26 Å². The lowest BCUT2D eigenvalue weighted by Crippen LogP contribution is -2.47. The van der Waals surface area contributed by atoms with Crippen molar-refractivity contribution < 1.29 is 22.5 Å². The number of hydrogen-bond donors (Lipinski definition) is 0. The van der Waals surface area contributed by atoms with Gasteiger partial charge in [0.25, 0.3) is 0 Å². The number of carbonyl (C=O) groups excluding carboxylic acids is 1. The van der Waals surface area contributed by atoms with Crippen molar-refractivity contribution >= 4 is 28.1 Å². The molecule has 1 amide bonds. The minimum atomic E-state index is -3.80. The Balaban J connectivity index is 1.45. The lowest BCUT2D eigenvalue weighted by molar-refractivity contribution is -0.138. The fraction of sp³-hybridized carbons (Fsp3) is 0.520. The van der Waals surface area contributed by atoms with Crippen LogP contribution in [0.25, 0.3) is 12.2 Å². The van der Waals surface area contributed by atoms with E-state index in [0.717, 1.165) is 37.2 Å². The highest BCUT2D eigenvalue weighted by molar-refractivity contribution is 7.89. The second-order valence-electron chi connectivity index (χ2n) is 9.28. The Morgan fingerprint density at radius 2 is 1.82 bits per heavy atom. The number of aromatic nitrogens is 1. The van der Waals surface area contributed by atoms with Crippen LogP contribution in [-0.4, -0.2) is 62.0 Å². The van der Waals surface area contributed by atoms with Crippen LogP contribution in [0.4, 0.5) is 0 Å². The molecule has 8 nitrogen and oxygen atoms in total. The molecule has 184 valence electrons. The molecule has 2 saturated heterocycles. The Bertz CT molecular complexity index is 1130. The molecule has 0 aliphatic carbocycles. The van der Waals surface area contributed by atoms with Gasteiger partial charge in [0.05, 0.1) is 7.11 Å². The Hall–Kier alpha value is -2.65. The van der Waals surface area contributed by atoms with Crippen molar-refractivity contribution in [3.05, 3.63) is 41.3 Å². The predicted octanol–water partition coefficient (Wildman–Crippen LogP) is 3.82. The predicted molar refractivity (Wildman–Crippen MR) is 130 cm³/mol. The van der Waals surface area contributed by atoms with Gasteiger partial charge in [-0.05, 0) is 62.3 Å². The molecule has 0 bridgehead atoms. The van der Waals surface area contributed by atoms with Gasteiger partial charge < -0.3 is 14.2 Å². The van der Waals surface area contributed by atoms with E-state index in [1.165, 1.54) is 4.31 Å². The summed E-state index contributed by atoms with van der Waals surface area (Å²) in [5.74, 6) is 1.53. The molecule has 3 heterocycles. The van der Waals surface area contributed by atoms with E-state index in [1.54, 1.807) is 26.2 Å². The maximum absolute atomic E-state index is 13.5. The first-order chi connectivity index (χ1) is 16.3. The van der Waals surface area contributed by atoms with Crippen LogP contribution in [0.2, 0.25) is 0 Å². The van der Waals surface area contributed by atoms with Gasteiger partial charge in [-0.3, -0.25) is 4.79 Å². The smallest absolute Gasteiger partial charge is 0.248 e. The quantitative estimate of drug-likeness (QED) is 0.615. The van der Waals surface area contributed by atoms with Crippen LogP contribution >= 0.6 is 0 Å². The second-order valence-corrected chi connectivity index (χ2v) is 11.2. The first-order valence-electron chi connectivity index (χ1n) is 11.9. The topological polar surface area (TPSA) is 93.0 Å². The van der Waals surface area contributed by atoms with Crippen molar-refractivity contribution in [1.82, 2.24) is 14.4 Å². The molecule has 9 heteroatoms. The zero-order chi connectivity index (χ0) is 24.3. The molecular formula is C25H33N3O5S. The van der Waals surface area contributed by atoms with Crippen LogP contribution in [0, 0.1) is 18.8 Å². The summed E-state index contributed by atoms with van der Waals surface area (Å²) in [6.07, 6.45) is 6.67. The molecule has 2 aromatic rings. The molecule has 2 aliphatic rings. The van der Waals surface area contributed by atoms with Crippen LogP contribution in [0.1, 0.15) is 49.6 Å². The number of sulfonamides is 1. The summed E-state index contributed by atoms with van der Waals surface area (Å²) in [6, 6.07) is 7.41. The molecule has 1 aromatic carbocycles. The largest absolute Gasteiger partial charge is 0.497 e. The molecule has 2 aliphatic heterocycles. The molecule has 0 saturated carbocycles. The molecule has 1 atom stereocenters. The normalized spacial score (nSPS) is 20.7. The molecule has 2 fully saturated rings. The highest BCUT2D eigenvalue weighted by atomic mass is 32.2. The molecule has 0 N–H and O–H groups in total. The van der Waals surface area contributed by atoms with Crippen molar-refractivity contribution in [2.24, 2.45) is 11.8 Å². The molecule has 0 radical (unpaired) electrons. The molecule has 4 rings (SSSR count). The summed E-state index contributed by atoms with van der Waals surface area (Å²) in [7, 11) is -2.19. The van der Waals surface area contributed by atoms with E-state index >= 15 is 0 Å². The number of hydrogen-bond acceptors (Lipinski definition) is 6. The Morgan fingerprint density at radius 1 is 1.12 bits per heavy atom. The summed E-state index contributed by atoms with van der Waals surface area (Å²) < 4.78 is 39.0. The number of methoxy groups -OCH3 is 1. The molecular weight excluding hydrogens is 454 g/mol. The van der Waals surface area contributed by atoms with Gasteiger partial charge in [0.1, 0.15) is 11.4 Å². The fourth-order valence-corrected chi connectivity index (χ4v) is 6.53. The average molecular weight is 488 g/mol. The molecule has 0 spiro atoms. The first kappa shape index (κ1) is 24.5. The highest BCUT2D eigenvalue weighted by Gasteiger charge is 2.37. The van der Waals surface area contributed by atoms with E-state index in [0.29, 0.717) is 37.5 Å². The van der Waals surface area contributed by atoms with Crippen LogP contribution in [0.3, 0.4) is 0 Å². The average Bonchev–Trinajstić information content (AvgIpc) is 3.23. The zero-order valence-electron chi connectivity index (χ0n) is 20.1. The molecule has 0 unspecified atom stereocenters. The van der Waals surface area contributed by atoms with Crippen molar-refractivity contribution in [3.63, 3.8) is 0 Å². The summed E-state index contributed by atoms with van der Waals surface area (Å²) in [6.45, 7) is 6.06. The summed E-state index contributed by atoms with van der Waals surface area (Å²) in [5, 5.41) is 3.92. The second kappa shape index (κ2) is 10.3. The van der Waals surface area contributed by atoms with Gasteiger partial charge in [-0.1, -0.05) is 30.3 Å². The van der Waals surface area contributed by atoms with Crippen LogP contribution in [0.15, 0.2) is 33.7 Å². The van der Waals surface area contributed by atoms with Crippen molar-refractivity contribution in [3.8, 4) is 5.75 Å². The van der Waals surface area contributed by atoms with Crippen molar-refractivity contribution in [2.75, 3.05) is 33.3 Å². The number of nitrogens with zero attached hydrogens (tertiary/aromatic N) is 3. The lowest BCUT2D eigenvalue weighted by Gasteiger charge is -2.36. The van der Waals surface area contributed by atoms with E-state index in [1.807, 2.05) is 29.2 Å². The standard InChI is InChI=1S/C25H33N3O5S/c1-18-5-4-14-27(17-18)25(29)21-12-15-28(16-13-21)34(30,31)24-19(2)26-33-23(24)11-8-20-6-9-22(32-3)10-7-20/h6-11,18,21H,4-5,12-17H2,1-3H3/b11-8-/t18-/m1/s1. The minimum Gasteiger partial charge on any atom is -0.497 e. The third kappa shape index (κ3) is 5.20. The number of benzene rings is 1. The van der Waals surface area contributed by atoms with E-state index in [2.05, 4.69) is 12.1 Å². The summed E-state index contributed by atoms with van der Waals surface area (Å²) in [4.78, 5) is 15.0. The molecule has 34 heavy (non-hydrogen) atoms. The Morgan fingerprint density at radius 3 is 2.47 bits per heavy atom. The van der Waals surface area contributed by atoms with Gasteiger partial charge in [-0.15, -0.1) is 0 Å². The number of carbonyl (C=O) groups is 1. The highest BCUT2D eigenvalue weighted by Crippen LogP contribution is 2.30.